The molecule has 6 nitrogen and oxygen atoms in total. The van der Waals surface area contributed by atoms with Crippen molar-refractivity contribution in [2.45, 2.75) is 37.6 Å². The zero-order valence-corrected chi connectivity index (χ0v) is 14.8. The predicted octanol–water partition coefficient (Wildman–Crippen LogP) is 2.54. The molecule has 8 heteroatoms. The first kappa shape index (κ1) is 18.0. The van der Waals surface area contributed by atoms with E-state index in [0.29, 0.717) is 29.3 Å². The van der Waals surface area contributed by atoms with E-state index < -0.39 is 15.6 Å². The number of nitrogens with one attached hydrogen (secondary N) is 2. The van der Waals surface area contributed by atoms with Gasteiger partial charge in [0.1, 0.15) is 11.3 Å². The summed E-state index contributed by atoms with van der Waals surface area (Å²) in [6.45, 7) is 0. The Balaban J connectivity index is 2.22. The highest BCUT2D eigenvalue weighted by molar-refractivity contribution is 7.88. The number of sulfonamides is 1. The highest BCUT2D eigenvalue weighted by Gasteiger charge is 2.41. The molecule has 2 N–H and O–H groups in total. The van der Waals surface area contributed by atoms with Gasteiger partial charge in [0, 0.05) is 5.69 Å². The Kier molecular flexibility index (Phi) is 5.54. The molecule has 1 saturated carbocycles. The Hall–Kier alpha value is -1.31. The number of carbonyl (C=O) groups is 1. The Morgan fingerprint density at radius 1 is 1.26 bits per heavy atom. The van der Waals surface area contributed by atoms with E-state index in [-0.39, 0.29) is 5.91 Å². The van der Waals surface area contributed by atoms with Crippen LogP contribution in [0.4, 0.5) is 5.69 Å². The summed E-state index contributed by atoms with van der Waals surface area (Å²) in [5.41, 5.74) is -0.598. The van der Waals surface area contributed by atoms with Gasteiger partial charge in [-0.2, -0.15) is 4.72 Å². The normalized spacial score (nSPS) is 17.5. The summed E-state index contributed by atoms with van der Waals surface area (Å²) in [7, 11) is -1.99. The fraction of sp³-hybridized carbons (Fsp3) is 0.533. The van der Waals surface area contributed by atoms with Crippen LogP contribution in [0.25, 0.3) is 0 Å². The Morgan fingerprint density at radius 2 is 1.91 bits per heavy atom. The molecule has 0 unspecified atom stereocenters. The summed E-state index contributed by atoms with van der Waals surface area (Å²) in [5, 5.41) is 3.14. The van der Waals surface area contributed by atoms with Crippen molar-refractivity contribution in [1.82, 2.24) is 4.72 Å². The number of methoxy groups -OCH3 is 1. The molecule has 23 heavy (non-hydrogen) atoms. The van der Waals surface area contributed by atoms with E-state index in [2.05, 4.69) is 10.0 Å². The average Bonchev–Trinajstić information content (AvgIpc) is 2.46. The topological polar surface area (TPSA) is 84.5 Å². The molecule has 1 aromatic carbocycles. The predicted molar refractivity (Wildman–Crippen MR) is 90.4 cm³/mol. The number of halogens is 1. The van der Waals surface area contributed by atoms with Gasteiger partial charge < -0.3 is 10.1 Å². The van der Waals surface area contributed by atoms with Crippen molar-refractivity contribution in [1.29, 1.82) is 0 Å². The molecule has 0 aliphatic heterocycles. The molecular formula is C15H21ClN2O4S. The maximum Gasteiger partial charge on any atom is 0.245 e. The minimum Gasteiger partial charge on any atom is -0.495 e. The van der Waals surface area contributed by atoms with E-state index in [1.165, 1.54) is 7.11 Å². The van der Waals surface area contributed by atoms with Crippen molar-refractivity contribution >= 4 is 33.2 Å². The van der Waals surface area contributed by atoms with Crippen molar-refractivity contribution in [3.63, 3.8) is 0 Å². The number of hydrogen-bond donors (Lipinski definition) is 2. The zero-order valence-electron chi connectivity index (χ0n) is 13.2. The minimum absolute atomic E-state index is 0.358. The summed E-state index contributed by atoms with van der Waals surface area (Å²) in [5.74, 6) is 0.148. The molecule has 2 rings (SSSR count). The summed E-state index contributed by atoms with van der Waals surface area (Å²) in [6, 6.07) is 4.89. The molecule has 0 saturated heterocycles. The molecule has 1 aliphatic rings. The van der Waals surface area contributed by atoms with Crippen LogP contribution in [-0.4, -0.2) is 33.2 Å². The Bertz CT molecular complexity index is 685. The van der Waals surface area contributed by atoms with Gasteiger partial charge in [0.25, 0.3) is 0 Å². The van der Waals surface area contributed by atoms with Crippen LogP contribution < -0.4 is 14.8 Å². The highest BCUT2D eigenvalue weighted by atomic mass is 35.5. The number of anilines is 1. The van der Waals surface area contributed by atoms with E-state index in [9.17, 15) is 13.2 Å². The number of benzene rings is 1. The average molecular weight is 361 g/mol. The van der Waals surface area contributed by atoms with Crippen molar-refractivity contribution in [2.24, 2.45) is 0 Å². The lowest BCUT2D eigenvalue weighted by Crippen LogP contribution is -2.57. The second-order valence-corrected chi connectivity index (χ2v) is 7.98. The standard InChI is InChI=1S/C15H21ClN2O4S/c1-22-13-7-6-11(10-12(13)16)17-14(19)15(18-23(2,20)21)8-4-3-5-9-15/h6-7,10,18H,3-5,8-9H2,1-2H3,(H,17,19). The SMILES string of the molecule is COc1ccc(NC(=O)C2(NS(C)(=O)=O)CCCCC2)cc1Cl. The summed E-state index contributed by atoms with van der Waals surface area (Å²) in [4.78, 5) is 12.7. The van der Waals surface area contributed by atoms with Crippen LogP contribution in [0.2, 0.25) is 5.02 Å². The number of rotatable bonds is 5. The van der Waals surface area contributed by atoms with E-state index in [1.54, 1.807) is 18.2 Å². The van der Waals surface area contributed by atoms with Gasteiger partial charge in [-0.25, -0.2) is 8.42 Å². The third-order valence-electron chi connectivity index (χ3n) is 3.93. The van der Waals surface area contributed by atoms with Crippen molar-refractivity contribution < 1.29 is 17.9 Å². The maximum atomic E-state index is 12.7. The molecular weight excluding hydrogens is 340 g/mol. The Labute approximate surface area is 141 Å². The van der Waals surface area contributed by atoms with Gasteiger partial charge in [0.2, 0.25) is 15.9 Å². The fourth-order valence-electron chi connectivity index (χ4n) is 2.88. The van der Waals surface area contributed by atoms with Crippen molar-refractivity contribution in [3.8, 4) is 5.75 Å². The van der Waals surface area contributed by atoms with E-state index in [0.717, 1.165) is 25.5 Å². The van der Waals surface area contributed by atoms with E-state index >= 15 is 0 Å². The first-order chi connectivity index (χ1) is 10.8. The maximum absolute atomic E-state index is 12.7. The van der Waals surface area contributed by atoms with Crippen molar-refractivity contribution in [3.05, 3.63) is 23.2 Å². The van der Waals surface area contributed by atoms with Crippen LogP contribution in [-0.2, 0) is 14.8 Å². The second kappa shape index (κ2) is 7.07. The lowest BCUT2D eigenvalue weighted by atomic mass is 9.82. The molecule has 1 amide bonds. The minimum atomic E-state index is -3.50. The molecule has 1 aromatic rings. The molecule has 128 valence electrons. The third-order valence-corrected chi connectivity index (χ3v) is 4.99. The van der Waals surface area contributed by atoms with Gasteiger partial charge in [-0.15, -0.1) is 0 Å². The van der Waals surface area contributed by atoms with Crippen LogP contribution in [0.5, 0.6) is 5.75 Å². The second-order valence-electron chi connectivity index (χ2n) is 5.82. The van der Waals surface area contributed by atoms with Crippen molar-refractivity contribution in [2.75, 3.05) is 18.7 Å². The molecule has 0 heterocycles. The molecule has 0 bridgehead atoms. The van der Waals surface area contributed by atoms with Crippen LogP contribution in [0.3, 0.4) is 0 Å². The largest absolute Gasteiger partial charge is 0.495 e. The molecule has 1 aliphatic carbocycles. The van der Waals surface area contributed by atoms with Crippen LogP contribution >= 0.6 is 11.6 Å². The lowest BCUT2D eigenvalue weighted by Gasteiger charge is -2.35. The van der Waals surface area contributed by atoms with Gasteiger partial charge in [0.15, 0.2) is 0 Å². The first-order valence-corrected chi connectivity index (χ1v) is 9.67. The number of carbonyl (C=O) groups excluding carboxylic acids is 1. The smallest absolute Gasteiger partial charge is 0.245 e. The summed E-state index contributed by atoms with van der Waals surface area (Å²) < 4.78 is 30.9. The molecule has 0 spiro atoms. The van der Waals surface area contributed by atoms with E-state index in [1.807, 2.05) is 0 Å². The zero-order chi connectivity index (χ0) is 17.1. The molecule has 1 fully saturated rings. The number of ether oxygens (including phenoxy) is 1. The van der Waals surface area contributed by atoms with Gasteiger partial charge in [-0.05, 0) is 31.0 Å². The van der Waals surface area contributed by atoms with Gasteiger partial charge in [0.05, 0.1) is 18.4 Å². The number of amides is 1. The fourth-order valence-corrected chi connectivity index (χ4v) is 4.14. The van der Waals surface area contributed by atoms with Gasteiger partial charge in [-0.1, -0.05) is 30.9 Å². The summed E-state index contributed by atoms with van der Waals surface area (Å²) >= 11 is 6.05. The molecule has 0 radical (unpaired) electrons. The quantitative estimate of drug-likeness (QED) is 0.845. The number of hydrogen-bond acceptors (Lipinski definition) is 4. The van der Waals surface area contributed by atoms with E-state index in [4.69, 9.17) is 16.3 Å². The van der Waals surface area contributed by atoms with Crippen LogP contribution in [0, 0.1) is 0 Å². The van der Waals surface area contributed by atoms with Gasteiger partial charge in [-0.3, -0.25) is 4.79 Å². The van der Waals surface area contributed by atoms with Crippen LogP contribution in [0.15, 0.2) is 18.2 Å². The molecule has 0 atom stereocenters. The van der Waals surface area contributed by atoms with Gasteiger partial charge >= 0.3 is 0 Å². The van der Waals surface area contributed by atoms with Crippen LogP contribution in [0.1, 0.15) is 32.1 Å². The Morgan fingerprint density at radius 3 is 2.43 bits per heavy atom. The lowest BCUT2D eigenvalue weighted by molar-refractivity contribution is -0.122. The third kappa shape index (κ3) is 4.59. The molecule has 0 aromatic heterocycles. The summed E-state index contributed by atoms with van der Waals surface area (Å²) in [6.07, 6.45) is 4.64. The monoisotopic (exact) mass is 360 g/mol. The highest BCUT2D eigenvalue weighted by Crippen LogP contribution is 2.32. The first-order valence-electron chi connectivity index (χ1n) is 7.40.